The van der Waals surface area contributed by atoms with Crippen molar-refractivity contribution >= 4 is 23.5 Å². The molecule has 0 spiro atoms. The molecule has 2 saturated heterocycles. The van der Waals surface area contributed by atoms with Gasteiger partial charge in [-0.3, -0.25) is 11.3 Å². The van der Waals surface area contributed by atoms with Crippen molar-refractivity contribution in [2.75, 3.05) is 12.4 Å². The van der Waals surface area contributed by atoms with Crippen LogP contribution in [0.2, 0.25) is 0 Å². The Morgan fingerprint density at radius 2 is 2.21 bits per heavy atom. The predicted molar refractivity (Wildman–Crippen MR) is 86.7 cm³/mol. The standard InChI is InChI=1S/C14H28N2OS2/c1-10-11(2)19-14(9-18-10)13(16-15)7-3-5-12-6-4-8-17-12/h10-14,16H,3-9,15H2,1-2H3. The van der Waals surface area contributed by atoms with Crippen LogP contribution in [0.1, 0.15) is 46.0 Å². The van der Waals surface area contributed by atoms with E-state index in [0.29, 0.717) is 17.4 Å². The van der Waals surface area contributed by atoms with Crippen molar-refractivity contribution in [2.24, 2.45) is 5.84 Å². The quantitative estimate of drug-likeness (QED) is 0.584. The fraction of sp³-hybridized carbons (Fsp3) is 1.00. The van der Waals surface area contributed by atoms with Gasteiger partial charge in [0.15, 0.2) is 0 Å². The third kappa shape index (κ3) is 4.81. The van der Waals surface area contributed by atoms with E-state index in [9.17, 15) is 0 Å². The van der Waals surface area contributed by atoms with Gasteiger partial charge >= 0.3 is 0 Å². The predicted octanol–water partition coefficient (Wildman–Crippen LogP) is 2.79. The van der Waals surface area contributed by atoms with Gasteiger partial charge in [-0.25, -0.2) is 0 Å². The van der Waals surface area contributed by atoms with Gasteiger partial charge in [-0.15, -0.1) is 0 Å². The molecule has 0 saturated carbocycles. The second-order valence-electron chi connectivity index (χ2n) is 5.76. The summed E-state index contributed by atoms with van der Waals surface area (Å²) in [4.78, 5) is 0. The van der Waals surface area contributed by atoms with Crippen molar-refractivity contribution in [1.82, 2.24) is 5.43 Å². The molecule has 0 bridgehead atoms. The van der Waals surface area contributed by atoms with Crippen LogP contribution in [-0.4, -0.2) is 40.3 Å². The molecule has 2 rings (SSSR count). The second kappa shape index (κ2) is 8.13. The number of rotatable bonds is 6. The molecule has 2 aliphatic rings. The zero-order valence-electron chi connectivity index (χ0n) is 12.1. The van der Waals surface area contributed by atoms with Crippen LogP contribution in [0.25, 0.3) is 0 Å². The summed E-state index contributed by atoms with van der Waals surface area (Å²) in [6, 6.07) is 0.453. The molecule has 0 aliphatic carbocycles. The number of hydrazine groups is 1. The molecule has 0 aromatic heterocycles. The lowest BCUT2D eigenvalue weighted by molar-refractivity contribution is 0.101. The molecule has 3 nitrogen and oxygen atoms in total. The van der Waals surface area contributed by atoms with E-state index < -0.39 is 0 Å². The minimum Gasteiger partial charge on any atom is -0.378 e. The summed E-state index contributed by atoms with van der Waals surface area (Å²) in [5.74, 6) is 7.00. The van der Waals surface area contributed by atoms with Crippen LogP contribution in [0, 0.1) is 0 Å². The van der Waals surface area contributed by atoms with Gasteiger partial charge < -0.3 is 4.74 Å². The van der Waals surface area contributed by atoms with Gasteiger partial charge in [0.25, 0.3) is 0 Å². The summed E-state index contributed by atoms with van der Waals surface area (Å²) in [6.07, 6.45) is 6.62. The summed E-state index contributed by atoms with van der Waals surface area (Å²) in [5.41, 5.74) is 3.06. The Kier molecular flexibility index (Phi) is 6.83. The number of ether oxygens (including phenoxy) is 1. The average Bonchev–Trinajstić information content (AvgIpc) is 2.91. The number of nitrogens with one attached hydrogen (secondary N) is 1. The van der Waals surface area contributed by atoms with Crippen LogP contribution in [0.4, 0.5) is 0 Å². The van der Waals surface area contributed by atoms with Gasteiger partial charge in [-0.2, -0.15) is 23.5 Å². The van der Waals surface area contributed by atoms with Crippen molar-refractivity contribution in [1.29, 1.82) is 0 Å². The highest BCUT2D eigenvalue weighted by molar-refractivity contribution is 8.07. The molecule has 19 heavy (non-hydrogen) atoms. The van der Waals surface area contributed by atoms with Crippen LogP contribution in [0.3, 0.4) is 0 Å². The number of nitrogens with two attached hydrogens (primary N) is 1. The average molecular weight is 305 g/mol. The van der Waals surface area contributed by atoms with E-state index in [2.05, 4.69) is 42.8 Å². The number of thioether (sulfide) groups is 2. The minimum absolute atomic E-state index is 0.453. The number of hydrogen-bond donors (Lipinski definition) is 2. The first-order chi connectivity index (χ1) is 9.20. The van der Waals surface area contributed by atoms with Crippen molar-refractivity contribution < 1.29 is 4.74 Å². The highest BCUT2D eigenvalue weighted by Gasteiger charge is 2.30. The van der Waals surface area contributed by atoms with Crippen molar-refractivity contribution in [3.05, 3.63) is 0 Å². The Hall–Kier alpha value is 0.580. The molecular weight excluding hydrogens is 276 g/mol. The van der Waals surface area contributed by atoms with Crippen LogP contribution >= 0.6 is 23.5 Å². The maximum absolute atomic E-state index is 5.77. The lowest BCUT2D eigenvalue weighted by atomic mass is 10.0. The third-order valence-corrected chi connectivity index (χ3v) is 7.85. The molecule has 5 heteroatoms. The first-order valence-corrected chi connectivity index (χ1v) is 9.54. The van der Waals surface area contributed by atoms with Gasteiger partial charge in [0.05, 0.1) is 6.10 Å². The smallest absolute Gasteiger partial charge is 0.0576 e. The molecule has 2 aliphatic heterocycles. The molecule has 3 N–H and O–H groups in total. The van der Waals surface area contributed by atoms with Crippen molar-refractivity contribution in [3.8, 4) is 0 Å². The maximum Gasteiger partial charge on any atom is 0.0576 e. The first-order valence-electron chi connectivity index (χ1n) is 7.55. The summed E-state index contributed by atoms with van der Waals surface area (Å²) in [6.45, 7) is 5.64. The summed E-state index contributed by atoms with van der Waals surface area (Å²) in [7, 11) is 0. The highest BCUT2D eigenvalue weighted by Crippen LogP contribution is 2.37. The minimum atomic E-state index is 0.453. The first kappa shape index (κ1) is 16.0. The zero-order valence-corrected chi connectivity index (χ0v) is 13.8. The summed E-state index contributed by atoms with van der Waals surface area (Å²) in [5, 5.41) is 2.16. The third-order valence-electron chi connectivity index (χ3n) is 4.30. The maximum atomic E-state index is 5.77. The van der Waals surface area contributed by atoms with E-state index in [0.717, 1.165) is 17.1 Å². The van der Waals surface area contributed by atoms with Gasteiger partial charge in [0.2, 0.25) is 0 Å². The Bertz CT molecular complexity index is 262. The van der Waals surface area contributed by atoms with E-state index in [-0.39, 0.29) is 0 Å². The molecule has 0 aromatic rings. The Morgan fingerprint density at radius 1 is 1.37 bits per heavy atom. The van der Waals surface area contributed by atoms with Crippen LogP contribution in [0.5, 0.6) is 0 Å². The normalized spacial score (nSPS) is 37.4. The topological polar surface area (TPSA) is 47.3 Å². The van der Waals surface area contributed by atoms with Gasteiger partial charge in [0.1, 0.15) is 0 Å². The molecule has 2 fully saturated rings. The zero-order chi connectivity index (χ0) is 13.7. The molecule has 5 atom stereocenters. The lowest BCUT2D eigenvalue weighted by Crippen LogP contribution is -2.46. The second-order valence-corrected chi connectivity index (χ2v) is 8.79. The van der Waals surface area contributed by atoms with Crippen LogP contribution in [0.15, 0.2) is 0 Å². The Morgan fingerprint density at radius 3 is 2.84 bits per heavy atom. The van der Waals surface area contributed by atoms with E-state index in [4.69, 9.17) is 10.6 Å². The molecule has 112 valence electrons. The fourth-order valence-electron chi connectivity index (χ4n) is 2.83. The Labute approximate surface area is 126 Å². The molecule has 0 aromatic carbocycles. The van der Waals surface area contributed by atoms with Gasteiger partial charge in [-0.05, 0) is 32.1 Å². The fourth-order valence-corrected chi connectivity index (χ4v) is 5.98. The molecule has 0 radical (unpaired) electrons. The monoisotopic (exact) mass is 304 g/mol. The lowest BCUT2D eigenvalue weighted by Gasteiger charge is -2.35. The van der Waals surface area contributed by atoms with Crippen molar-refractivity contribution in [2.45, 2.75) is 73.8 Å². The van der Waals surface area contributed by atoms with Crippen molar-refractivity contribution in [3.63, 3.8) is 0 Å². The number of hydrogen-bond acceptors (Lipinski definition) is 5. The SMILES string of the molecule is CC1SCC(C(CCCC2CCCO2)NN)SC1C. The van der Waals surface area contributed by atoms with Gasteiger partial charge in [0, 0.05) is 34.2 Å². The summed E-state index contributed by atoms with van der Waals surface area (Å²) >= 11 is 4.21. The summed E-state index contributed by atoms with van der Waals surface area (Å²) < 4.78 is 5.68. The van der Waals surface area contributed by atoms with E-state index in [1.165, 1.54) is 37.9 Å². The van der Waals surface area contributed by atoms with Gasteiger partial charge in [-0.1, -0.05) is 13.8 Å². The van der Waals surface area contributed by atoms with Crippen LogP contribution in [-0.2, 0) is 4.74 Å². The van der Waals surface area contributed by atoms with Crippen LogP contribution < -0.4 is 11.3 Å². The molecular formula is C14H28N2OS2. The molecule has 2 heterocycles. The largest absolute Gasteiger partial charge is 0.378 e. The van der Waals surface area contributed by atoms with E-state index in [1.54, 1.807) is 0 Å². The van der Waals surface area contributed by atoms with E-state index in [1.807, 2.05) is 0 Å². The molecule has 0 amide bonds. The molecule has 5 unspecified atom stereocenters. The van der Waals surface area contributed by atoms with E-state index >= 15 is 0 Å². The highest BCUT2D eigenvalue weighted by atomic mass is 32.2. The Balaban J connectivity index is 1.70.